The van der Waals surface area contributed by atoms with E-state index in [2.05, 4.69) is 5.16 Å². The van der Waals surface area contributed by atoms with Gasteiger partial charge in [-0.05, 0) is 17.5 Å². The molecule has 3 rings (SSSR count). The van der Waals surface area contributed by atoms with Crippen LogP contribution in [-0.4, -0.2) is 33.1 Å². The number of aliphatic carboxylic acids is 1. The zero-order chi connectivity index (χ0) is 17.3. The summed E-state index contributed by atoms with van der Waals surface area (Å²) >= 11 is 0. The van der Waals surface area contributed by atoms with Gasteiger partial charge in [0.1, 0.15) is 6.04 Å². The monoisotopic (exact) mass is 328 g/mol. The topological polar surface area (TPSA) is 83.6 Å². The van der Waals surface area contributed by atoms with Gasteiger partial charge in [-0.2, -0.15) is 0 Å². The van der Waals surface area contributed by atoms with Gasteiger partial charge in [-0.1, -0.05) is 43.3 Å². The van der Waals surface area contributed by atoms with Crippen molar-refractivity contribution in [1.29, 1.82) is 0 Å². The molecule has 6 nitrogen and oxygen atoms in total. The van der Waals surface area contributed by atoms with Gasteiger partial charge in [0.2, 0.25) is 5.76 Å². The number of carboxylic acid groups (broad SMARTS) is 1. The lowest BCUT2D eigenvalue weighted by Gasteiger charge is -2.33. The van der Waals surface area contributed by atoms with Crippen LogP contribution in [0.3, 0.4) is 0 Å². The molecule has 1 aliphatic rings. The normalized spacial score (nSPS) is 18.1. The smallest absolute Gasteiger partial charge is 0.326 e. The van der Waals surface area contributed by atoms with Crippen LogP contribution < -0.4 is 0 Å². The van der Waals surface area contributed by atoms with Crippen molar-refractivity contribution < 1.29 is 19.2 Å². The van der Waals surface area contributed by atoms with E-state index in [0.717, 1.165) is 17.5 Å². The standard InChI is InChI=1S/C18H20N2O4/c1-3-11(2)14-9-16(24-19-14)17(21)20-10-13-7-5-4-6-12(13)8-15(20)18(22)23/h4-7,9,11,15H,3,8,10H2,1-2H3,(H,22,23)/t11-,15-/m1/s1. The Bertz CT molecular complexity index is 768. The van der Waals surface area contributed by atoms with Gasteiger partial charge < -0.3 is 14.5 Å². The third-order valence-corrected chi connectivity index (χ3v) is 4.65. The quantitative estimate of drug-likeness (QED) is 0.933. The second kappa shape index (κ2) is 6.47. The Balaban J connectivity index is 1.90. The molecule has 2 atom stereocenters. The van der Waals surface area contributed by atoms with Crippen molar-refractivity contribution >= 4 is 11.9 Å². The maximum absolute atomic E-state index is 12.8. The van der Waals surface area contributed by atoms with Crippen LogP contribution in [0.25, 0.3) is 0 Å². The van der Waals surface area contributed by atoms with Gasteiger partial charge in [0.15, 0.2) is 0 Å². The van der Waals surface area contributed by atoms with E-state index < -0.39 is 17.9 Å². The van der Waals surface area contributed by atoms with Crippen molar-refractivity contribution in [1.82, 2.24) is 10.1 Å². The summed E-state index contributed by atoms with van der Waals surface area (Å²) in [5, 5.41) is 13.5. The Morgan fingerprint density at radius 2 is 2.08 bits per heavy atom. The van der Waals surface area contributed by atoms with E-state index in [9.17, 15) is 14.7 Å². The van der Waals surface area contributed by atoms with Crippen LogP contribution in [0.1, 0.15) is 53.6 Å². The molecule has 0 aliphatic carbocycles. The second-order valence-corrected chi connectivity index (χ2v) is 6.19. The number of fused-ring (bicyclic) bond motifs is 1. The van der Waals surface area contributed by atoms with Crippen molar-refractivity contribution in [3.8, 4) is 0 Å². The SMILES string of the molecule is CC[C@@H](C)c1cc(C(=O)N2Cc3ccccc3C[C@@H]2C(=O)O)on1. The Labute approximate surface area is 140 Å². The summed E-state index contributed by atoms with van der Waals surface area (Å²) in [5.41, 5.74) is 2.64. The van der Waals surface area contributed by atoms with Crippen molar-refractivity contribution in [2.24, 2.45) is 0 Å². The summed E-state index contributed by atoms with van der Waals surface area (Å²) < 4.78 is 5.18. The van der Waals surface area contributed by atoms with E-state index in [0.29, 0.717) is 12.1 Å². The molecule has 0 unspecified atom stereocenters. The molecule has 2 aromatic rings. The lowest BCUT2D eigenvalue weighted by Crippen LogP contribution is -2.48. The Hall–Kier alpha value is -2.63. The molecule has 1 amide bonds. The fourth-order valence-electron chi connectivity index (χ4n) is 2.93. The number of amides is 1. The average molecular weight is 328 g/mol. The van der Waals surface area contributed by atoms with E-state index in [-0.39, 0.29) is 18.2 Å². The van der Waals surface area contributed by atoms with E-state index in [1.807, 2.05) is 38.1 Å². The van der Waals surface area contributed by atoms with Crippen molar-refractivity contribution in [3.05, 3.63) is 52.9 Å². The summed E-state index contributed by atoms with van der Waals surface area (Å²) in [6.07, 6.45) is 1.18. The number of carbonyl (C=O) groups excluding carboxylic acids is 1. The molecule has 1 aromatic carbocycles. The van der Waals surface area contributed by atoms with Gasteiger partial charge in [0, 0.05) is 24.9 Å². The van der Waals surface area contributed by atoms with E-state index in [4.69, 9.17) is 4.52 Å². The maximum atomic E-state index is 12.8. The van der Waals surface area contributed by atoms with Crippen LogP contribution >= 0.6 is 0 Å². The van der Waals surface area contributed by atoms with Crippen molar-refractivity contribution in [3.63, 3.8) is 0 Å². The fraction of sp³-hybridized carbons (Fsp3) is 0.389. The highest BCUT2D eigenvalue weighted by Gasteiger charge is 2.36. The van der Waals surface area contributed by atoms with Crippen LogP contribution in [0.5, 0.6) is 0 Å². The molecular formula is C18H20N2O4. The van der Waals surface area contributed by atoms with E-state index in [1.165, 1.54) is 4.90 Å². The second-order valence-electron chi connectivity index (χ2n) is 6.19. The van der Waals surface area contributed by atoms with Crippen LogP contribution in [-0.2, 0) is 17.8 Å². The summed E-state index contributed by atoms with van der Waals surface area (Å²) in [6, 6.07) is 8.31. The van der Waals surface area contributed by atoms with E-state index in [1.54, 1.807) is 6.07 Å². The number of carboxylic acids is 1. The van der Waals surface area contributed by atoms with Crippen molar-refractivity contribution in [2.75, 3.05) is 0 Å². The molecule has 2 heterocycles. The number of carbonyl (C=O) groups is 2. The minimum Gasteiger partial charge on any atom is -0.480 e. The molecule has 1 aromatic heterocycles. The lowest BCUT2D eigenvalue weighted by atomic mass is 9.93. The minimum absolute atomic E-state index is 0.0935. The van der Waals surface area contributed by atoms with Crippen LogP contribution in [0, 0.1) is 0 Å². The van der Waals surface area contributed by atoms with Gasteiger partial charge >= 0.3 is 5.97 Å². The lowest BCUT2D eigenvalue weighted by molar-refractivity contribution is -0.142. The summed E-state index contributed by atoms with van der Waals surface area (Å²) in [4.78, 5) is 25.8. The molecule has 126 valence electrons. The summed E-state index contributed by atoms with van der Waals surface area (Å²) in [7, 11) is 0. The first-order valence-corrected chi connectivity index (χ1v) is 8.08. The molecule has 6 heteroatoms. The highest BCUT2D eigenvalue weighted by atomic mass is 16.5. The summed E-state index contributed by atoms with van der Waals surface area (Å²) in [5.74, 6) is -1.16. The molecule has 1 aliphatic heterocycles. The first kappa shape index (κ1) is 16.2. The number of aromatic nitrogens is 1. The van der Waals surface area contributed by atoms with E-state index >= 15 is 0 Å². The molecule has 0 bridgehead atoms. The molecule has 0 saturated heterocycles. The zero-order valence-corrected chi connectivity index (χ0v) is 13.7. The Morgan fingerprint density at radius 3 is 2.75 bits per heavy atom. The number of benzene rings is 1. The number of hydrogen-bond acceptors (Lipinski definition) is 4. The largest absolute Gasteiger partial charge is 0.480 e. The number of hydrogen-bond donors (Lipinski definition) is 1. The zero-order valence-electron chi connectivity index (χ0n) is 13.7. The predicted molar refractivity (Wildman–Crippen MR) is 86.7 cm³/mol. The highest BCUT2D eigenvalue weighted by molar-refractivity contribution is 5.94. The highest BCUT2D eigenvalue weighted by Crippen LogP contribution is 2.26. The van der Waals surface area contributed by atoms with Gasteiger partial charge in [-0.3, -0.25) is 4.79 Å². The molecule has 1 N–H and O–H groups in total. The fourth-order valence-corrected chi connectivity index (χ4v) is 2.93. The third-order valence-electron chi connectivity index (χ3n) is 4.65. The molecule has 0 radical (unpaired) electrons. The maximum Gasteiger partial charge on any atom is 0.326 e. The number of rotatable bonds is 4. The van der Waals surface area contributed by atoms with Gasteiger partial charge in [-0.15, -0.1) is 0 Å². The Morgan fingerprint density at radius 1 is 1.38 bits per heavy atom. The molecule has 0 spiro atoms. The van der Waals surface area contributed by atoms with Gasteiger partial charge in [0.25, 0.3) is 5.91 Å². The van der Waals surface area contributed by atoms with Crippen molar-refractivity contribution in [2.45, 2.75) is 45.2 Å². The van der Waals surface area contributed by atoms with Gasteiger partial charge in [-0.25, -0.2) is 4.79 Å². The van der Waals surface area contributed by atoms with Gasteiger partial charge in [0.05, 0.1) is 5.69 Å². The first-order valence-electron chi connectivity index (χ1n) is 8.08. The molecule has 0 saturated carbocycles. The molecule has 0 fully saturated rings. The first-order chi connectivity index (χ1) is 11.5. The number of nitrogens with zero attached hydrogens (tertiary/aromatic N) is 2. The van der Waals surface area contributed by atoms with Crippen LogP contribution in [0.15, 0.2) is 34.9 Å². The summed E-state index contributed by atoms with van der Waals surface area (Å²) in [6.45, 7) is 4.29. The average Bonchev–Trinajstić information content (AvgIpc) is 3.09. The predicted octanol–water partition coefficient (Wildman–Crippen LogP) is 2.84. The third kappa shape index (κ3) is 2.91. The van der Waals surface area contributed by atoms with Crippen LogP contribution in [0.2, 0.25) is 0 Å². The molecule has 24 heavy (non-hydrogen) atoms. The minimum atomic E-state index is -1.01. The van der Waals surface area contributed by atoms with Crippen LogP contribution in [0.4, 0.5) is 0 Å². The Kier molecular flexibility index (Phi) is 4.38. The molecular weight excluding hydrogens is 308 g/mol.